The zero-order valence-corrected chi connectivity index (χ0v) is 20.9. The Hall–Kier alpha value is -3.42. The van der Waals surface area contributed by atoms with Gasteiger partial charge in [-0.15, -0.1) is 0 Å². The summed E-state index contributed by atoms with van der Waals surface area (Å²) < 4.78 is 5.58. The van der Waals surface area contributed by atoms with Crippen LogP contribution in [0.15, 0.2) is 48.7 Å². The minimum Gasteiger partial charge on any atom is -0.496 e. The largest absolute Gasteiger partial charge is 0.496 e. The van der Waals surface area contributed by atoms with Crippen molar-refractivity contribution in [1.29, 1.82) is 0 Å². The van der Waals surface area contributed by atoms with E-state index in [0.717, 1.165) is 65.1 Å². The average molecular weight is 475 g/mol. The van der Waals surface area contributed by atoms with Gasteiger partial charge in [0.1, 0.15) is 11.4 Å². The van der Waals surface area contributed by atoms with Crippen LogP contribution in [0.3, 0.4) is 0 Å². The highest BCUT2D eigenvalue weighted by atomic mass is 16.5. The number of nitrogens with zero attached hydrogens (tertiary/aromatic N) is 2. The molecule has 0 unspecified atom stereocenters. The van der Waals surface area contributed by atoms with Crippen molar-refractivity contribution in [3.8, 4) is 16.9 Å². The summed E-state index contributed by atoms with van der Waals surface area (Å²) in [5, 5.41) is 16.0. The molecule has 2 aromatic carbocycles. The van der Waals surface area contributed by atoms with Crippen molar-refractivity contribution in [2.75, 3.05) is 37.9 Å². The molecule has 7 nitrogen and oxygen atoms in total. The van der Waals surface area contributed by atoms with Gasteiger partial charge in [-0.05, 0) is 61.1 Å². The lowest BCUT2D eigenvalue weighted by atomic mass is 9.94. The van der Waals surface area contributed by atoms with Crippen LogP contribution in [0.5, 0.6) is 5.75 Å². The molecule has 3 aromatic rings. The van der Waals surface area contributed by atoms with Crippen molar-refractivity contribution in [3.63, 3.8) is 0 Å². The van der Waals surface area contributed by atoms with Crippen molar-refractivity contribution in [2.24, 2.45) is 0 Å². The number of rotatable bonds is 7. The lowest BCUT2D eigenvalue weighted by Crippen LogP contribution is -2.35. The van der Waals surface area contributed by atoms with Gasteiger partial charge in [-0.1, -0.05) is 24.3 Å². The predicted octanol–water partition coefficient (Wildman–Crippen LogP) is 4.62. The van der Waals surface area contributed by atoms with Gasteiger partial charge in [0.25, 0.3) is 5.91 Å². The summed E-state index contributed by atoms with van der Waals surface area (Å²) >= 11 is 0. The minimum atomic E-state index is -0.281. The molecule has 0 saturated carbocycles. The molecular weight excluding hydrogens is 440 g/mol. The van der Waals surface area contributed by atoms with Gasteiger partial charge in [0, 0.05) is 55.9 Å². The second-order valence-electron chi connectivity index (χ2n) is 9.05. The van der Waals surface area contributed by atoms with Crippen LogP contribution in [-0.2, 0) is 6.54 Å². The number of hydrogen-bond donors (Lipinski definition) is 3. The number of carbonyl (C=O) groups is 1. The third kappa shape index (κ3) is 5.47. The molecule has 0 atom stereocenters. The van der Waals surface area contributed by atoms with Gasteiger partial charge < -0.3 is 20.5 Å². The van der Waals surface area contributed by atoms with E-state index in [4.69, 9.17) is 4.74 Å². The number of methoxy groups -OCH3 is 1. The molecule has 0 bridgehead atoms. The molecule has 3 N–H and O–H groups in total. The van der Waals surface area contributed by atoms with Crippen LogP contribution < -0.4 is 15.4 Å². The van der Waals surface area contributed by atoms with E-state index in [1.54, 1.807) is 19.4 Å². The molecule has 1 amide bonds. The molecule has 1 aliphatic rings. The van der Waals surface area contributed by atoms with E-state index in [-0.39, 0.29) is 12.0 Å². The number of aliphatic hydroxyl groups excluding tert-OH is 1. The number of pyridine rings is 1. The smallest absolute Gasteiger partial charge is 0.274 e. The first-order chi connectivity index (χ1) is 16.9. The van der Waals surface area contributed by atoms with Gasteiger partial charge in [-0.3, -0.25) is 14.7 Å². The molecule has 1 aromatic heterocycles. The van der Waals surface area contributed by atoms with Crippen LogP contribution in [0, 0.1) is 13.8 Å². The number of carbonyl (C=O) groups excluding carboxylic acids is 1. The Kier molecular flexibility index (Phi) is 7.68. The Labute approximate surface area is 207 Å². The maximum absolute atomic E-state index is 13.1. The number of likely N-dealkylation sites (tertiary alicyclic amines) is 1. The summed E-state index contributed by atoms with van der Waals surface area (Å²) in [6.45, 7) is 6.45. The van der Waals surface area contributed by atoms with E-state index < -0.39 is 0 Å². The van der Waals surface area contributed by atoms with E-state index in [1.807, 2.05) is 32.2 Å². The van der Waals surface area contributed by atoms with Gasteiger partial charge in [0.2, 0.25) is 0 Å². The van der Waals surface area contributed by atoms with E-state index in [9.17, 15) is 9.90 Å². The molecule has 184 valence electrons. The first-order valence-corrected chi connectivity index (χ1v) is 12.0. The molecule has 2 heterocycles. The maximum Gasteiger partial charge on any atom is 0.274 e. The molecule has 1 aliphatic heterocycles. The number of aromatic nitrogens is 1. The molecule has 1 fully saturated rings. The molecule has 0 radical (unpaired) electrons. The standard InChI is InChI=1S/C28H34N4O3/c1-18-22(7-5-9-24(18)29-3)23-8-6-10-25(19(23)2)31-28(34)26-15-27(35-4)20(16-30-26)17-32-13-11-21(33)12-14-32/h5-10,15-16,21,29,33H,11-14,17H2,1-4H3,(H,31,34). The summed E-state index contributed by atoms with van der Waals surface area (Å²) in [5.41, 5.74) is 7.41. The van der Waals surface area contributed by atoms with Crippen molar-refractivity contribution in [3.05, 3.63) is 71.0 Å². The second-order valence-corrected chi connectivity index (χ2v) is 9.05. The number of amides is 1. The van der Waals surface area contributed by atoms with Crippen LogP contribution in [0.1, 0.15) is 40.0 Å². The SMILES string of the molecule is CNc1cccc(-c2cccc(NC(=O)c3cc(OC)c(CN4CCC(O)CC4)cn3)c2C)c1C. The molecule has 35 heavy (non-hydrogen) atoms. The minimum absolute atomic E-state index is 0.213. The van der Waals surface area contributed by atoms with Crippen LogP contribution >= 0.6 is 0 Å². The Morgan fingerprint density at radius 1 is 1.09 bits per heavy atom. The number of nitrogens with one attached hydrogen (secondary N) is 2. The highest BCUT2D eigenvalue weighted by Crippen LogP contribution is 2.34. The number of hydrogen-bond acceptors (Lipinski definition) is 6. The van der Waals surface area contributed by atoms with E-state index in [2.05, 4.69) is 45.6 Å². The number of aliphatic hydroxyl groups is 1. The molecule has 1 saturated heterocycles. The summed E-state index contributed by atoms with van der Waals surface area (Å²) in [5.74, 6) is 0.359. The summed E-state index contributed by atoms with van der Waals surface area (Å²) in [6.07, 6.45) is 3.05. The molecule has 0 spiro atoms. The number of anilines is 2. The number of benzene rings is 2. The van der Waals surface area contributed by atoms with E-state index >= 15 is 0 Å². The Morgan fingerprint density at radius 2 is 1.71 bits per heavy atom. The third-order valence-corrected chi connectivity index (χ3v) is 6.82. The third-order valence-electron chi connectivity index (χ3n) is 6.82. The second kappa shape index (κ2) is 10.9. The zero-order valence-electron chi connectivity index (χ0n) is 20.9. The van der Waals surface area contributed by atoms with Gasteiger partial charge in [-0.25, -0.2) is 0 Å². The lowest BCUT2D eigenvalue weighted by molar-refractivity contribution is 0.0788. The molecule has 7 heteroatoms. The normalized spacial score (nSPS) is 14.5. The van der Waals surface area contributed by atoms with E-state index in [0.29, 0.717) is 18.0 Å². The van der Waals surface area contributed by atoms with Gasteiger partial charge >= 0.3 is 0 Å². The summed E-state index contributed by atoms with van der Waals surface area (Å²) in [4.78, 5) is 19.8. The first kappa shape index (κ1) is 24.7. The Bertz CT molecular complexity index is 1200. The Balaban J connectivity index is 1.53. The van der Waals surface area contributed by atoms with Crippen LogP contribution in [0.25, 0.3) is 11.1 Å². The zero-order chi connectivity index (χ0) is 24.9. The molecular formula is C28H34N4O3. The highest BCUT2D eigenvalue weighted by Gasteiger charge is 2.20. The quantitative estimate of drug-likeness (QED) is 0.463. The van der Waals surface area contributed by atoms with Gasteiger partial charge in [0.15, 0.2) is 0 Å². The highest BCUT2D eigenvalue weighted by molar-refractivity contribution is 6.04. The van der Waals surface area contributed by atoms with Crippen molar-refractivity contribution >= 4 is 17.3 Å². The lowest BCUT2D eigenvalue weighted by Gasteiger charge is -2.29. The van der Waals surface area contributed by atoms with Gasteiger partial charge in [0.05, 0.1) is 13.2 Å². The monoisotopic (exact) mass is 474 g/mol. The Morgan fingerprint density at radius 3 is 2.34 bits per heavy atom. The van der Waals surface area contributed by atoms with Crippen LogP contribution in [0.4, 0.5) is 11.4 Å². The first-order valence-electron chi connectivity index (χ1n) is 12.0. The summed E-state index contributed by atoms with van der Waals surface area (Å²) in [7, 11) is 3.52. The van der Waals surface area contributed by atoms with Crippen molar-refractivity contribution in [2.45, 2.75) is 39.3 Å². The molecule has 4 rings (SSSR count). The van der Waals surface area contributed by atoms with Crippen LogP contribution in [-0.4, -0.2) is 54.2 Å². The van der Waals surface area contributed by atoms with Crippen molar-refractivity contribution < 1.29 is 14.6 Å². The molecule has 0 aliphatic carbocycles. The van der Waals surface area contributed by atoms with Crippen LogP contribution in [0.2, 0.25) is 0 Å². The van der Waals surface area contributed by atoms with E-state index in [1.165, 1.54) is 0 Å². The van der Waals surface area contributed by atoms with Gasteiger partial charge in [-0.2, -0.15) is 0 Å². The number of ether oxygens (including phenoxy) is 1. The predicted molar refractivity (Wildman–Crippen MR) is 140 cm³/mol. The topological polar surface area (TPSA) is 86.7 Å². The summed E-state index contributed by atoms with van der Waals surface area (Å²) in [6, 6.07) is 13.8. The average Bonchev–Trinajstić information content (AvgIpc) is 2.87. The van der Waals surface area contributed by atoms with Crippen molar-refractivity contribution in [1.82, 2.24) is 9.88 Å². The fraction of sp³-hybridized carbons (Fsp3) is 0.357. The fourth-order valence-electron chi connectivity index (χ4n) is 4.66. The fourth-order valence-corrected chi connectivity index (χ4v) is 4.66. The number of piperidine rings is 1. The maximum atomic E-state index is 13.1.